The van der Waals surface area contributed by atoms with Crippen LogP contribution in [0.2, 0.25) is 0 Å². The summed E-state index contributed by atoms with van der Waals surface area (Å²) in [5.74, 6) is 1.80. The maximum Gasteiger partial charge on any atom is 0.159 e. The molecule has 0 radical (unpaired) electrons. The van der Waals surface area contributed by atoms with Crippen molar-refractivity contribution in [3.63, 3.8) is 0 Å². The number of carbonyl (C=O) groups is 2. The molecular formula is C40H56O5. The highest BCUT2D eigenvalue weighted by Gasteiger charge is 2.69. The Morgan fingerprint density at radius 1 is 0.978 bits per heavy atom. The lowest BCUT2D eigenvalue weighted by Crippen LogP contribution is -2.63. The van der Waals surface area contributed by atoms with Crippen LogP contribution in [0.3, 0.4) is 0 Å². The molecule has 0 aromatic heterocycles. The quantitative estimate of drug-likeness (QED) is 0.314. The van der Waals surface area contributed by atoms with Gasteiger partial charge in [-0.15, -0.1) is 0 Å². The molecule has 5 aliphatic carbocycles. The largest absolute Gasteiger partial charge is 0.508 e. The van der Waals surface area contributed by atoms with Crippen LogP contribution in [0.15, 0.2) is 35.4 Å². The van der Waals surface area contributed by atoms with Crippen LogP contribution in [0.5, 0.6) is 5.75 Å². The molecule has 4 saturated carbocycles. The number of hydrogen-bond acceptors (Lipinski definition) is 5. The van der Waals surface area contributed by atoms with Crippen LogP contribution in [0, 0.1) is 45.3 Å². The highest BCUT2D eigenvalue weighted by atomic mass is 16.6. The topological polar surface area (TPSA) is 87.1 Å². The van der Waals surface area contributed by atoms with Gasteiger partial charge in [-0.05, 0) is 116 Å². The van der Waals surface area contributed by atoms with Crippen LogP contribution in [-0.4, -0.2) is 39.6 Å². The first kappa shape index (κ1) is 31.6. The summed E-state index contributed by atoms with van der Waals surface area (Å²) in [7, 11) is 0. The molecular weight excluding hydrogens is 560 g/mol. The summed E-state index contributed by atoms with van der Waals surface area (Å²) in [6.07, 6.45) is 10.2. The molecule has 1 aromatic carbocycles. The Balaban J connectivity index is 1.17. The fourth-order valence-electron chi connectivity index (χ4n) is 12.8. The van der Waals surface area contributed by atoms with Crippen molar-refractivity contribution in [2.75, 3.05) is 0 Å². The van der Waals surface area contributed by atoms with Crippen molar-refractivity contribution >= 4 is 11.6 Å². The van der Waals surface area contributed by atoms with Gasteiger partial charge in [0.25, 0.3) is 0 Å². The van der Waals surface area contributed by atoms with Gasteiger partial charge in [0, 0.05) is 23.2 Å². The maximum atomic E-state index is 14.1. The normalized spacial score (nSPS) is 43.9. The second-order valence-electron chi connectivity index (χ2n) is 17.8. The van der Waals surface area contributed by atoms with Gasteiger partial charge in [-0.3, -0.25) is 9.59 Å². The van der Waals surface area contributed by atoms with Crippen molar-refractivity contribution in [3.8, 4) is 5.75 Å². The zero-order valence-corrected chi connectivity index (χ0v) is 28.7. The number of allylic oxidation sites excluding steroid dienone is 2. The van der Waals surface area contributed by atoms with Gasteiger partial charge < -0.3 is 14.9 Å². The first-order valence-corrected chi connectivity index (χ1v) is 18.0. The summed E-state index contributed by atoms with van der Waals surface area (Å²) in [4.78, 5) is 28.1. The predicted octanol–water partition coefficient (Wildman–Crippen LogP) is 8.32. The third-order valence-electron chi connectivity index (χ3n) is 15.3. The molecule has 5 nitrogen and oxygen atoms in total. The fraction of sp³-hybridized carbons (Fsp3) is 0.750. The molecule has 5 heteroatoms. The van der Waals surface area contributed by atoms with E-state index in [0.717, 1.165) is 43.2 Å². The number of phenols is 1. The molecule has 1 heterocycles. The van der Waals surface area contributed by atoms with E-state index in [-0.39, 0.29) is 57.2 Å². The lowest BCUT2D eigenvalue weighted by molar-refractivity contribution is -0.183. The van der Waals surface area contributed by atoms with E-state index in [2.05, 4.69) is 48.5 Å². The highest BCUT2D eigenvalue weighted by Crippen LogP contribution is 2.74. The van der Waals surface area contributed by atoms with Gasteiger partial charge in [-0.1, -0.05) is 72.1 Å². The highest BCUT2D eigenvalue weighted by molar-refractivity contribution is 6.00. The molecule has 1 aliphatic heterocycles. The van der Waals surface area contributed by atoms with Crippen LogP contribution in [0.4, 0.5) is 0 Å². The van der Waals surface area contributed by atoms with Gasteiger partial charge in [-0.25, -0.2) is 0 Å². The average Bonchev–Trinajstić information content (AvgIpc) is 3.28. The van der Waals surface area contributed by atoms with Crippen LogP contribution in [-0.2, 0) is 14.3 Å². The SMILES string of the molecule is C[C@H](C[C@@H](O)[C@H]1O[C@]1(C)C1CCCC1)C1=C2CC[C@@H]3[C@]4(C)C[C@@H](c5cccc(O)c5)C(=O)C(C)(C)[C@@H]4CC[C@]3(C)[C@@]2(C)CC1=O. The van der Waals surface area contributed by atoms with Gasteiger partial charge in [0.1, 0.15) is 17.6 Å². The molecule has 0 unspecified atom stereocenters. The number of Topliss-reactive ketones (excluding diaryl/α,β-unsaturated/α-hetero) is 2. The van der Waals surface area contributed by atoms with Crippen LogP contribution >= 0.6 is 0 Å². The first-order valence-electron chi connectivity index (χ1n) is 18.0. The molecule has 10 atom stereocenters. The third kappa shape index (κ3) is 4.38. The van der Waals surface area contributed by atoms with Gasteiger partial charge in [0.15, 0.2) is 5.78 Å². The van der Waals surface area contributed by atoms with Crippen molar-refractivity contribution in [2.24, 2.45) is 45.3 Å². The van der Waals surface area contributed by atoms with Crippen LogP contribution in [0.1, 0.15) is 131 Å². The van der Waals surface area contributed by atoms with E-state index in [1.54, 1.807) is 12.1 Å². The number of phenolic OH excluding ortho intramolecular Hbond substituents is 1. The van der Waals surface area contributed by atoms with Gasteiger partial charge in [0.2, 0.25) is 0 Å². The van der Waals surface area contributed by atoms with Gasteiger partial charge >= 0.3 is 0 Å². The number of epoxide rings is 1. The molecule has 45 heavy (non-hydrogen) atoms. The van der Waals surface area contributed by atoms with E-state index in [9.17, 15) is 19.8 Å². The summed E-state index contributed by atoms with van der Waals surface area (Å²) in [5, 5.41) is 21.7. The Kier molecular flexibility index (Phi) is 7.21. The Morgan fingerprint density at radius 3 is 2.38 bits per heavy atom. The molecule has 1 saturated heterocycles. The lowest BCUT2D eigenvalue weighted by Gasteiger charge is -2.68. The zero-order chi connectivity index (χ0) is 32.3. The number of ether oxygens (including phenoxy) is 1. The minimum atomic E-state index is -0.545. The first-order chi connectivity index (χ1) is 21.1. The number of hydrogen-bond donors (Lipinski definition) is 2. The van der Waals surface area contributed by atoms with Gasteiger partial charge in [-0.2, -0.15) is 0 Å². The van der Waals surface area contributed by atoms with Crippen molar-refractivity contribution < 1.29 is 24.5 Å². The van der Waals surface area contributed by atoms with Crippen molar-refractivity contribution in [2.45, 2.75) is 143 Å². The van der Waals surface area contributed by atoms with Crippen LogP contribution < -0.4 is 0 Å². The van der Waals surface area contributed by atoms with Crippen LogP contribution in [0.25, 0.3) is 0 Å². The van der Waals surface area contributed by atoms with Crippen molar-refractivity contribution in [3.05, 3.63) is 41.0 Å². The molecule has 1 aromatic rings. The number of benzene rings is 1. The number of aromatic hydroxyl groups is 1. The standard InChI is InChI=1S/C40H56O5/c1-23(19-29(42)35-40(7,45-35)25-12-8-9-13-25)33-28-15-16-32-37(4)21-27(24-11-10-14-26(41)20-24)34(44)36(2,3)31(37)17-18-38(32,5)39(28,6)22-30(33)43/h10-11,14,20,23,25,27,29,31-32,35,41-42H,8-9,12-13,15-19,21-22H2,1-7H3/t23-,27+,29-,31+,32-,35-,37-,38+,39+,40-/m1/s1. The predicted molar refractivity (Wildman–Crippen MR) is 176 cm³/mol. The van der Waals surface area contributed by atoms with E-state index < -0.39 is 11.5 Å². The second-order valence-corrected chi connectivity index (χ2v) is 17.8. The molecule has 2 N–H and O–H groups in total. The van der Waals surface area contributed by atoms with E-state index in [1.165, 1.54) is 31.3 Å². The van der Waals surface area contributed by atoms with Gasteiger partial charge in [0.05, 0.1) is 11.7 Å². The molecule has 0 bridgehead atoms. The van der Waals surface area contributed by atoms with Crippen molar-refractivity contribution in [1.29, 1.82) is 0 Å². The molecule has 7 rings (SSSR count). The van der Waals surface area contributed by atoms with E-state index in [4.69, 9.17) is 4.74 Å². The van der Waals surface area contributed by atoms with E-state index in [0.29, 0.717) is 30.5 Å². The average molecular weight is 617 g/mol. The number of fused-ring (bicyclic) bond motifs is 5. The summed E-state index contributed by atoms with van der Waals surface area (Å²) in [6, 6.07) is 7.33. The number of rotatable bonds is 6. The number of ketones is 2. The summed E-state index contributed by atoms with van der Waals surface area (Å²) < 4.78 is 6.20. The third-order valence-corrected chi connectivity index (χ3v) is 15.3. The molecule has 6 aliphatic rings. The number of carbonyl (C=O) groups excluding carboxylic acids is 2. The van der Waals surface area contributed by atoms with Crippen molar-refractivity contribution in [1.82, 2.24) is 0 Å². The van der Waals surface area contributed by atoms with E-state index >= 15 is 0 Å². The Bertz CT molecular complexity index is 1440. The summed E-state index contributed by atoms with van der Waals surface area (Å²) in [6.45, 7) is 16.0. The molecule has 5 fully saturated rings. The summed E-state index contributed by atoms with van der Waals surface area (Å²) in [5.41, 5.74) is 2.31. The summed E-state index contributed by atoms with van der Waals surface area (Å²) >= 11 is 0. The fourth-order valence-corrected chi connectivity index (χ4v) is 12.8. The zero-order valence-electron chi connectivity index (χ0n) is 28.7. The monoisotopic (exact) mass is 616 g/mol. The maximum absolute atomic E-state index is 14.1. The Morgan fingerprint density at radius 2 is 1.69 bits per heavy atom. The van der Waals surface area contributed by atoms with E-state index in [1.807, 2.05) is 12.1 Å². The number of aliphatic hydroxyl groups is 1. The smallest absolute Gasteiger partial charge is 0.159 e. The molecule has 246 valence electrons. The number of aliphatic hydroxyl groups excluding tert-OH is 1. The molecule has 0 amide bonds. The lowest BCUT2D eigenvalue weighted by atomic mass is 9.35. The minimum absolute atomic E-state index is 0.00908. The second kappa shape index (κ2) is 10.3. The molecule has 0 spiro atoms. The minimum Gasteiger partial charge on any atom is -0.508 e. The Labute approximate surface area is 270 Å². The Hall–Kier alpha value is -1.98.